The summed E-state index contributed by atoms with van der Waals surface area (Å²) in [6.45, 7) is 1.95. The van der Waals surface area contributed by atoms with Crippen molar-refractivity contribution in [1.82, 2.24) is 9.97 Å². The SMILES string of the molecule is Cc1cncc(Nc2cc(C(=O)O)nc3ccccc23)c1. The minimum absolute atomic E-state index is 0.0109. The van der Waals surface area contributed by atoms with Crippen LogP contribution < -0.4 is 5.32 Å². The highest BCUT2D eigenvalue weighted by Gasteiger charge is 2.10. The maximum Gasteiger partial charge on any atom is 0.354 e. The first-order valence-electron chi connectivity index (χ1n) is 6.45. The average Bonchev–Trinajstić information content (AvgIpc) is 2.47. The van der Waals surface area contributed by atoms with Crippen LogP contribution in [0.3, 0.4) is 0 Å². The van der Waals surface area contributed by atoms with Crippen molar-refractivity contribution in [3.05, 3.63) is 60.0 Å². The number of pyridine rings is 2. The van der Waals surface area contributed by atoms with Gasteiger partial charge in [-0.25, -0.2) is 9.78 Å². The summed E-state index contributed by atoms with van der Waals surface area (Å²) in [4.78, 5) is 19.5. The molecule has 104 valence electrons. The Hall–Kier alpha value is -2.95. The van der Waals surface area contributed by atoms with Crippen LogP contribution in [0.25, 0.3) is 10.9 Å². The molecule has 0 fully saturated rings. The normalized spacial score (nSPS) is 10.5. The third kappa shape index (κ3) is 2.67. The quantitative estimate of drug-likeness (QED) is 0.768. The van der Waals surface area contributed by atoms with Crippen molar-refractivity contribution in [1.29, 1.82) is 0 Å². The van der Waals surface area contributed by atoms with E-state index in [2.05, 4.69) is 15.3 Å². The fourth-order valence-corrected chi connectivity index (χ4v) is 2.17. The molecule has 0 atom stereocenters. The number of hydrogen-bond acceptors (Lipinski definition) is 4. The zero-order valence-electron chi connectivity index (χ0n) is 11.4. The standard InChI is InChI=1S/C16H13N3O2/c1-10-6-11(9-17-8-10)18-14-7-15(16(20)21)19-13-5-3-2-4-12(13)14/h2-9H,1H3,(H,18,19)(H,20,21). The van der Waals surface area contributed by atoms with Crippen LogP contribution in [-0.4, -0.2) is 21.0 Å². The van der Waals surface area contributed by atoms with Crippen LogP contribution in [0, 0.1) is 6.92 Å². The number of aromatic nitrogens is 2. The van der Waals surface area contributed by atoms with Gasteiger partial charge in [0.05, 0.1) is 23.1 Å². The van der Waals surface area contributed by atoms with Crippen LogP contribution in [0.5, 0.6) is 0 Å². The molecule has 0 saturated heterocycles. The lowest BCUT2D eigenvalue weighted by molar-refractivity contribution is 0.0691. The lowest BCUT2D eigenvalue weighted by Crippen LogP contribution is -2.03. The smallest absolute Gasteiger partial charge is 0.354 e. The minimum atomic E-state index is -1.05. The number of aromatic carboxylic acids is 1. The average molecular weight is 279 g/mol. The van der Waals surface area contributed by atoms with E-state index in [0.29, 0.717) is 11.2 Å². The number of carboxylic acid groups (broad SMARTS) is 1. The summed E-state index contributed by atoms with van der Waals surface area (Å²) in [6.07, 6.45) is 3.46. The highest BCUT2D eigenvalue weighted by atomic mass is 16.4. The molecule has 0 unspecified atom stereocenters. The van der Waals surface area contributed by atoms with Crippen molar-refractivity contribution < 1.29 is 9.90 Å². The number of nitrogens with one attached hydrogen (secondary N) is 1. The second-order valence-electron chi connectivity index (χ2n) is 4.75. The molecule has 0 bridgehead atoms. The number of hydrogen-bond donors (Lipinski definition) is 2. The number of aryl methyl sites for hydroxylation is 1. The van der Waals surface area contributed by atoms with Gasteiger partial charge in [0.1, 0.15) is 0 Å². The molecule has 0 spiro atoms. The van der Waals surface area contributed by atoms with Gasteiger partial charge in [-0.3, -0.25) is 4.98 Å². The van der Waals surface area contributed by atoms with Crippen LogP contribution in [0.15, 0.2) is 48.8 Å². The Labute approximate surface area is 121 Å². The Morgan fingerprint density at radius 3 is 2.76 bits per heavy atom. The molecule has 0 saturated carbocycles. The second kappa shape index (κ2) is 5.20. The van der Waals surface area contributed by atoms with Crippen LogP contribution in [0.2, 0.25) is 0 Å². The zero-order chi connectivity index (χ0) is 14.8. The molecule has 0 aliphatic carbocycles. The summed E-state index contributed by atoms with van der Waals surface area (Å²) >= 11 is 0. The Morgan fingerprint density at radius 2 is 2.00 bits per heavy atom. The van der Waals surface area contributed by atoms with Gasteiger partial charge in [0.25, 0.3) is 0 Å². The van der Waals surface area contributed by atoms with Crippen molar-refractivity contribution in [3.63, 3.8) is 0 Å². The molecule has 0 aliphatic heterocycles. The summed E-state index contributed by atoms with van der Waals surface area (Å²) < 4.78 is 0. The van der Waals surface area contributed by atoms with Crippen molar-refractivity contribution in [2.45, 2.75) is 6.92 Å². The number of para-hydroxylation sites is 1. The van der Waals surface area contributed by atoms with E-state index in [-0.39, 0.29) is 5.69 Å². The van der Waals surface area contributed by atoms with E-state index in [1.165, 1.54) is 6.07 Å². The van der Waals surface area contributed by atoms with Gasteiger partial charge >= 0.3 is 5.97 Å². The Kier molecular flexibility index (Phi) is 3.23. The Morgan fingerprint density at radius 1 is 1.19 bits per heavy atom. The molecular weight excluding hydrogens is 266 g/mol. The van der Waals surface area contributed by atoms with Crippen molar-refractivity contribution in [3.8, 4) is 0 Å². The van der Waals surface area contributed by atoms with Crippen LogP contribution >= 0.6 is 0 Å². The molecule has 0 radical (unpaired) electrons. The molecule has 2 N–H and O–H groups in total. The first kappa shape index (κ1) is 13.1. The van der Waals surface area contributed by atoms with E-state index in [1.807, 2.05) is 31.2 Å². The molecule has 5 nitrogen and oxygen atoms in total. The van der Waals surface area contributed by atoms with Crippen molar-refractivity contribution in [2.75, 3.05) is 5.32 Å². The third-order valence-electron chi connectivity index (χ3n) is 3.09. The Balaban J connectivity index is 2.13. The van der Waals surface area contributed by atoms with Gasteiger partial charge in [-0.1, -0.05) is 18.2 Å². The topological polar surface area (TPSA) is 75.1 Å². The number of carboxylic acids is 1. The molecule has 2 heterocycles. The number of fused-ring (bicyclic) bond motifs is 1. The summed E-state index contributed by atoms with van der Waals surface area (Å²) in [5.74, 6) is -1.05. The van der Waals surface area contributed by atoms with Gasteiger partial charge in [-0.05, 0) is 30.7 Å². The predicted octanol–water partition coefficient (Wildman–Crippen LogP) is 3.38. The monoisotopic (exact) mass is 279 g/mol. The van der Waals surface area contributed by atoms with Gasteiger partial charge in [0, 0.05) is 11.6 Å². The Bertz CT molecular complexity index is 831. The molecule has 3 aromatic rings. The van der Waals surface area contributed by atoms with E-state index >= 15 is 0 Å². The lowest BCUT2D eigenvalue weighted by atomic mass is 10.1. The molecule has 1 aromatic carbocycles. The molecule has 5 heteroatoms. The van der Waals surface area contributed by atoms with Gasteiger partial charge in [0.15, 0.2) is 5.69 Å². The maximum atomic E-state index is 11.2. The van der Waals surface area contributed by atoms with E-state index in [1.54, 1.807) is 18.5 Å². The first-order chi connectivity index (χ1) is 10.1. The predicted molar refractivity (Wildman–Crippen MR) is 81.0 cm³/mol. The molecule has 0 aliphatic rings. The van der Waals surface area contributed by atoms with Crippen LogP contribution in [-0.2, 0) is 0 Å². The van der Waals surface area contributed by atoms with E-state index in [0.717, 1.165) is 16.6 Å². The number of carbonyl (C=O) groups is 1. The van der Waals surface area contributed by atoms with E-state index in [4.69, 9.17) is 0 Å². The van der Waals surface area contributed by atoms with Crippen LogP contribution in [0.1, 0.15) is 16.1 Å². The lowest BCUT2D eigenvalue weighted by Gasteiger charge is -2.11. The minimum Gasteiger partial charge on any atom is -0.477 e. The highest BCUT2D eigenvalue weighted by Crippen LogP contribution is 2.26. The highest BCUT2D eigenvalue weighted by molar-refractivity contribution is 5.98. The van der Waals surface area contributed by atoms with E-state index in [9.17, 15) is 9.90 Å². The number of rotatable bonds is 3. The fraction of sp³-hybridized carbons (Fsp3) is 0.0625. The first-order valence-corrected chi connectivity index (χ1v) is 6.45. The molecule has 3 rings (SSSR count). The second-order valence-corrected chi connectivity index (χ2v) is 4.75. The van der Waals surface area contributed by atoms with Gasteiger partial charge in [-0.2, -0.15) is 0 Å². The maximum absolute atomic E-state index is 11.2. The summed E-state index contributed by atoms with van der Waals surface area (Å²) in [5.41, 5.74) is 3.18. The van der Waals surface area contributed by atoms with Crippen LogP contribution in [0.4, 0.5) is 11.4 Å². The van der Waals surface area contributed by atoms with Gasteiger partial charge in [0.2, 0.25) is 0 Å². The van der Waals surface area contributed by atoms with Gasteiger partial charge < -0.3 is 10.4 Å². The molecule has 21 heavy (non-hydrogen) atoms. The zero-order valence-corrected chi connectivity index (χ0v) is 11.4. The summed E-state index contributed by atoms with van der Waals surface area (Å²) in [7, 11) is 0. The summed E-state index contributed by atoms with van der Waals surface area (Å²) in [5, 5.41) is 13.3. The molecule has 0 amide bonds. The van der Waals surface area contributed by atoms with Gasteiger partial charge in [-0.15, -0.1) is 0 Å². The number of nitrogens with zero attached hydrogens (tertiary/aromatic N) is 2. The largest absolute Gasteiger partial charge is 0.477 e. The van der Waals surface area contributed by atoms with E-state index < -0.39 is 5.97 Å². The third-order valence-corrected chi connectivity index (χ3v) is 3.09. The molecule has 2 aromatic heterocycles. The number of anilines is 2. The summed E-state index contributed by atoms with van der Waals surface area (Å²) in [6, 6.07) is 10.9. The van der Waals surface area contributed by atoms with Crippen molar-refractivity contribution in [2.24, 2.45) is 0 Å². The molecular formula is C16H13N3O2. The fourth-order valence-electron chi connectivity index (χ4n) is 2.17. The van der Waals surface area contributed by atoms with Crippen molar-refractivity contribution >= 4 is 28.2 Å². The number of benzene rings is 1.